The van der Waals surface area contributed by atoms with Crippen molar-refractivity contribution in [1.82, 2.24) is 4.90 Å². The van der Waals surface area contributed by atoms with Crippen LogP contribution in [0, 0.1) is 0 Å². The minimum Gasteiger partial charge on any atom is -0.473 e. The first kappa shape index (κ1) is 16.2. The van der Waals surface area contributed by atoms with E-state index in [1.165, 1.54) is 0 Å². The van der Waals surface area contributed by atoms with Crippen molar-refractivity contribution in [3.05, 3.63) is 42.5 Å². The van der Waals surface area contributed by atoms with E-state index in [0.717, 1.165) is 43.1 Å². The first-order chi connectivity index (χ1) is 11.0. The highest BCUT2D eigenvalue weighted by Crippen LogP contribution is 2.27. The van der Waals surface area contributed by atoms with Crippen molar-refractivity contribution in [3.63, 3.8) is 0 Å². The van der Waals surface area contributed by atoms with Crippen LogP contribution in [-0.2, 0) is 10.1 Å². The Labute approximate surface area is 136 Å². The average Bonchev–Trinajstić information content (AvgIpc) is 2.54. The van der Waals surface area contributed by atoms with E-state index in [1.807, 2.05) is 47.4 Å². The van der Waals surface area contributed by atoms with Gasteiger partial charge in [-0.2, -0.15) is 8.42 Å². The fourth-order valence-corrected chi connectivity index (χ4v) is 3.68. The van der Waals surface area contributed by atoms with Crippen LogP contribution in [0.2, 0.25) is 0 Å². The Hall–Kier alpha value is -1.63. The summed E-state index contributed by atoms with van der Waals surface area (Å²) < 4.78 is 38.1. The number of piperidine rings is 1. The van der Waals surface area contributed by atoms with Gasteiger partial charge in [-0.25, -0.2) is 0 Å². The number of hydrogen-bond acceptors (Lipinski definition) is 4. The molecule has 0 saturated carbocycles. The smallest absolute Gasteiger partial charge is 0.269 e. The zero-order chi connectivity index (χ0) is 16.3. The topological polar surface area (TPSA) is 66.8 Å². The third-order valence-corrected chi connectivity index (χ3v) is 4.87. The lowest BCUT2D eigenvalue weighted by Crippen LogP contribution is -2.46. The lowest BCUT2D eigenvalue weighted by molar-refractivity contribution is 0.0287. The van der Waals surface area contributed by atoms with Crippen molar-refractivity contribution in [1.29, 1.82) is 0 Å². The van der Waals surface area contributed by atoms with Crippen LogP contribution in [0.5, 0.6) is 5.75 Å². The molecule has 0 bridgehead atoms. The predicted molar refractivity (Wildman–Crippen MR) is 90.2 cm³/mol. The van der Waals surface area contributed by atoms with Gasteiger partial charge in [0.05, 0.1) is 0 Å². The first-order valence-electron chi connectivity index (χ1n) is 7.86. The first-order valence-corrected chi connectivity index (χ1v) is 9.47. The van der Waals surface area contributed by atoms with Gasteiger partial charge in [0.1, 0.15) is 11.5 Å². The molecule has 0 aromatic heterocycles. The minimum atomic E-state index is -4.11. The zero-order valence-electron chi connectivity index (χ0n) is 12.9. The number of rotatable bonds is 5. The van der Waals surface area contributed by atoms with E-state index in [4.69, 9.17) is 4.74 Å². The highest BCUT2D eigenvalue weighted by Gasteiger charge is 2.27. The zero-order valence-corrected chi connectivity index (χ0v) is 13.7. The van der Waals surface area contributed by atoms with Crippen LogP contribution in [0.15, 0.2) is 42.5 Å². The number of likely N-dealkylation sites (tertiary alicyclic amines) is 1. The normalized spacial score (nSPS) is 18.0. The van der Waals surface area contributed by atoms with Crippen molar-refractivity contribution in [3.8, 4) is 5.75 Å². The monoisotopic (exact) mass is 335 g/mol. The second-order valence-electron chi connectivity index (χ2n) is 5.89. The van der Waals surface area contributed by atoms with Gasteiger partial charge in [-0.05, 0) is 24.3 Å². The summed E-state index contributed by atoms with van der Waals surface area (Å²) in [6.07, 6.45) is 2.50. The molecule has 124 valence electrons. The number of benzene rings is 2. The maximum atomic E-state index is 11.4. The molecule has 2 aromatic carbocycles. The van der Waals surface area contributed by atoms with Gasteiger partial charge in [0.2, 0.25) is 0 Å². The summed E-state index contributed by atoms with van der Waals surface area (Å²) in [5, 5.41) is 1.97. The Morgan fingerprint density at radius 1 is 1.04 bits per heavy atom. The van der Waals surface area contributed by atoms with Crippen LogP contribution in [0.4, 0.5) is 0 Å². The molecule has 1 aliphatic rings. The lowest BCUT2D eigenvalue weighted by atomic mass is 10.1. The van der Waals surface area contributed by atoms with Crippen LogP contribution in [0.1, 0.15) is 19.3 Å². The average molecular weight is 335 g/mol. The minimum absolute atomic E-state index is 0.420. The second kappa shape index (κ2) is 6.86. The summed E-state index contributed by atoms with van der Waals surface area (Å²) in [4.78, 5) is 2.00. The summed E-state index contributed by atoms with van der Waals surface area (Å²) in [6.45, 7) is 1.57. The van der Waals surface area contributed by atoms with Gasteiger partial charge in [-0.15, -0.1) is 0 Å². The molecule has 0 amide bonds. The molecule has 1 heterocycles. The molecule has 5 nitrogen and oxygen atoms in total. The van der Waals surface area contributed by atoms with E-state index in [1.54, 1.807) is 0 Å². The summed E-state index contributed by atoms with van der Waals surface area (Å²) in [7, 11) is -4.11. The van der Waals surface area contributed by atoms with Crippen LogP contribution in [-0.4, -0.2) is 42.9 Å². The molecule has 1 atom stereocenters. The molecule has 0 spiro atoms. The maximum absolute atomic E-state index is 11.4. The number of ether oxygens (including phenoxy) is 1. The fourth-order valence-electron chi connectivity index (χ4n) is 3.05. The Bertz CT molecular complexity index is 764. The third kappa shape index (κ3) is 4.22. The van der Waals surface area contributed by atoms with Gasteiger partial charge in [0, 0.05) is 18.5 Å². The van der Waals surface area contributed by atoms with Crippen molar-refractivity contribution >= 4 is 20.9 Å². The molecule has 1 aliphatic heterocycles. The van der Waals surface area contributed by atoms with E-state index >= 15 is 0 Å². The molecule has 6 heteroatoms. The van der Waals surface area contributed by atoms with E-state index in [0.29, 0.717) is 5.75 Å². The third-order valence-electron chi connectivity index (χ3n) is 4.16. The van der Waals surface area contributed by atoms with E-state index in [2.05, 4.69) is 0 Å². The van der Waals surface area contributed by atoms with Gasteiger partial charge in [0.15, 0.2) is 6.23 Å². The lowest BCUT2D eigenvalue weighted by Gasteiger charge is -2.34. The van der Waals surface area contributed by atoms with Gasteiger partial charge in [0.25, 0.3) is 10.1 Å². The standard InChI is InChI=1S/C17H21NO4S/c19-23(20,21)13-17(18-11-4-1-5-12-18)22-16-10-6-8-14-7-2-3-9-15(14)16/h2-3,6-10,17H,1,4-5,11-13H2,(H,19,20,21). The molecule has 3 rings (SSSR count). The van der Waals surface area contributed by atoms with Crippen LogP contribution in [0.3, 0.4) is 0 Å². The highest BCUT2D eigenvalue weighted by atomic mass is 32.2. The second-order valence-corrected chi connectivity index (χ2v) is 7.39. The summed E-state index contributed by atoms with van der Waals surface area (Å²) in [5.74, 6) is 0.221. The predicted octanol–water partition coefficient (Wildman–Crippen LogP) is 2.92. The summed E-state index contributed by atoms with van der Waals surface area (Å²) in [6, 6.07) is 13.5. The molecule has 1 saturated heterocycles. The number of fused-ring (bicyclic) bond motifs is 1. The highest BCUT2D eigenvalue weighted by molar-refractivity contribution is 7.85. The molecule has 1 unspecified atom stereocenters. The molecular weight excluding hydrogens is 314 g/mol. The number of hydrogen-bond donors (Lipinski definition) is 1. The van der Waals surface area contributed by atoms with Crippen molar-refractivity contribution in [2.75, 3.05) is 18.8 Å². The summed E-state index contributed by atoms with van der Waals surface area (Å²) >= 11 is 0. The summed E-state index contributed by atoms with van der Waals surface area (Å²) in [5.41, 5.74) is 0. The number of nitrogens with zero attached hydrogens (tertiary/aromatic N) is 1. The van der Waals surface area contributed by atoms with Gasteiger partial charge >= 0.3 is 0 Å². The van der Waals surface area contributed by atoms with E-state index < -0.39 is 22.1 Å². The van der Waals surface area contributed by atoms with Crippen molar-refractivity contribution in [2.45, 2.75) is 25.5 Å². The SMILES string of the molecule is O=S(=O)(O)CC(Oc1cccc2ccccc12)N1CCCCC1. The molecular formula is C17H21NO4S. The molecule has 0 radical (unpaired) electrons. The molecule has 1 fully saturated rings. The largest absolute Gasteiger partial charge is 0.473 e. The quantitative estimate of drug-likeness (QED) is 0.851. The molecule has 23 heavy (non-hydrogen) atoms. The van der Waals surface area contributed by atoms with Crippen LogP contribution < -0.4 is 4.74 Å². The van der Waals surface area contributed by atoms with Gasteiger partial charge in [-0.3, -0.25) is 9.45 Å². The molecule has 0 aliphatic carbocycles. The van der Waals surface area contributed by atoms with Gasteiger partial charge < -0.3 is 4.74 Å². The Balaban J connectivity index is 1.90. The maximum Gasteiger partial charge on any atom is 0.269 e. The van der Waals surface area contributed by atoms with E-state index in [9.17, 15) is 13.0 Å². The van der Waals surface area contributed by atoms with E-state index in [-0.39, 0.29) is 0 Å². The molecule has 1 N–H and O–H groups in total. The van der Waals surface area contributed by atoms with Crippen molar-refractivity contribution < 1.29 is 17.7 Å². The van der Waals surface area contributed by atoms with Crippen molar-refractivity contribution in [2.24, 2.45) is 0 Å². The molecule has 2 aromatic rings. The Kier molecular flexibility index (Phi) is 4.84. The Morgan fingerprint density at radius 2 is 1.74 bits per heavy atom. The van der Waals surface area contributed by atoms with Gasteiger partial charge in [-0.1, -0.05) is 42.8 Å². The van der Waals surface area contributed by atoms with Crippen LogP contribution in [0.25, 0.3) is 10.8 Å². The Morgan fingerprint density at radius 3 is 2.48 bits per heavy atom. The fraction of sp³-hybridized carbons (Fsp3) is 0.412. The van der Waals surface area contributed by atoms with Crippen LogP contribution >= 0.6 is 0 Å².